The van der Waals surface area contributed by atoms with Crippen LogP contribution in [0.15, 0.2) is 48.5 Å². The molecule has 0 radical (unpaired) electrons. The van der Waals surface area contributed by atoms with Crippen LogP contribution in [0.5, 0.6) is 0 Å². The standard InChI is InChI=1S/C20H24FN3O2/c1-14(2)19(25)22-12-13-24(17-10-8-16(21)9-11-17)20(26)23-18-7-5-4-6-15(18)3/h4-11,14H,12-13H2,1-3H3,(H,22,25)(H,23,26). The smallest absolute Gasteiger partial charge is 0.326 e. The summed E-state index contributed by atoms with van der Waals surface area (Å²) in [5, 5.41) is 5.65. The zero-order valence-electron chi connectivity index (χ0n) is 15.3. The van der Waals surface area contributed by atoms with E-state index in [9.17, 15) is 14.0 Å². The van der Waals surface area contributed by atoms with E-state index in [-0.39, 0.29) is 30.2 Å². The van der Waals surface area contributed by atoms with Gasteiger partial charge in [0.1, 0.15) is 5.82 Å². The number of hydrogen-bond donors (Lipinski definition) is 2. The van der Waals surface area contributed by atoms with Crippen LogP contribution in [-0.2, 0) is 4.79 Å². The van der Waals surface area contributed by atoms with Crippen molar-refractivity contribution in [2.45, 2.75) is 20.8 Å². The van der Waals surface area contributed by atoms with E-state index in [0.29, 0.717) is 17.9 Å². The molecule has 5 nitrogen and oxygen atoms in total. The number of rotatable bonds is 6. The van der Waals surface area contributed by atoms with Crippen molar-refractivity contribution < 1.29 is 14.0 Å². The number of benzene rings is 2. The Morgan fingerprint density at radius 1 is 1.08 bits per heavy atom. The normalized spacial score (nSPS) is 10.5. The first kappa shape index (κ1) is 19.4. The van der Waals surface area contributed by atoms with Gasteiger partial charge in [-0.3, -0.25) is 9.69 Å². The Bertz CT molecular complexity index is 760. The van der Waals surface area contributed by atoms with Crippen LogP contribution in [0.4, 0.5) is 20.6 Å². The molecule has 0 saturated heterocycles. The molecule has 0 aromatic heterocycles. The molecule has 2 aromatic rings. The second-order valence-corrected chi connectivity index (χ2v) is 6.32. The van der Waals surface area contributed by atoms with Crippen LogP contribution in [0.1, 0.15) is 19.4 Å². The fourth-order valence-electron chi connectivity index (χ4n) is 2.36. The zero-order valence-corrected chi connectivity index (χ0v) is 15.3. The largest absolute Gasteiger partial charge is 0.354 e. The molecular formula is C20H24FN3O2. The highest BCUT2D eigenvalue weighted by atomic mass is 19.1. The first-order valence-corrected chi connectivity index (χ1v) is 8.56. The molecule has 2 aromatic carbocycles. The van der Waals surface area contributed by atoms with Crippen molar-refractivity contribution in [3.8, 4) is 0 Å². The summed E-state index contributed by atoms with van der Waals surface area (Å²) in [6, 6.07) is 12.8. The molecule has 0 heterocycles. The van der Waals surface area contributed by atoms with Crippen LogP contribution in [-0.4, -0.2) is 25.0 Å². The lowest BCUT2D eigenvalue weighted by atomic mass is 10.2. The number of halogens is 1. The molecule has 0 bridgehead atoms. The highest BCUT2D eigenvalue weighted by molar-refractivity contribution is 6.02. The van der Waals surface area contributed by atoms with Crippen molar-refractivity contribution in [3.05, 3.63) is 59.9 Å². The summed E-state index contributed by atoms with van der Waals surface area (Å²) in [5.41, 5.74) is 2.19. The molecule has 26 heavy (non-hydrogen) atoms. The van der Waals surface area contributed by atoms with E-state index in [1.807, 2.05) is 31.2 Å². The number of nitrogens with zero attached hydrogens (tertiary/aromatic N) is 1. The van der Waals surface area contributed by atoms with E-state index >= 15 is 0 Å². The predicted octanol–water partition coefficient (Wildman–Crippen LogP) is 3.94. The fraction of sp³-hybridized carbons (Fsp3) is 0.300. The van der Waals surface area contributed by atoms with E-state index in [0.717, 1.165) is 5.56 Å². The summed E-state index contributed by atoms with van der Waals surface area (Å²) >= 11 is 0. The number of hydrogen-bond acceptors (Lipinski definition) is 2. The lowest BCUT2D eigenvalue weighted by Gasteiger charge is -2.24. The molecule has 2 N–H and O–H groups in total. The minimum absolute atomic E-state index is 0.0802. The number of para-hydroxylation sites is 1. The van der Waals surface area contributed by atoms with Gasteiger partial charge in [-0.1, -0.05) is 32.0 Å². The Kier molecular flexibility index (Phi) is 6.72. The zero-order chi connectivity index (χ0) is 19.1. The molecule has 0 unspecified atom stereocenters. The van der Waals surface area contributed by atoms with Crippen LogP contribution < -0.4 is 15.5 Å². The highest BCUT2D eigenvalue weighted by Crippen LogP contribution is 2.18. The maximum atomic E-state index is 13.2. The van der Waals surface area contributed by atoms with Crippen molar-refractivity contribution in [2.24, 2.45) is 5.92 Å². The van der Waals surface area contributed by atoms with Gasteiger partial charge in [0, 0.05) is 30.4 Å². The molecule has 2 rings (SSSR count). The predicted molar refractivity (Wildman–Crippen MR) is 102 cm³/mol. The number of aryl methyl sites for hydroxylation is 1. The fourth-order valence-corrected chi connectivity index (χ4v) is 2.36. The Hall–Kier alpha value is -2.89. The maximum absolute atomic E-state index is 13.2. The topological polar surface area (TPSA) is 61.4 Å². The van der Waals surface area contributed by atoms with E-state index in [1.54, 1.807) is 13.8 Å². The van der Waals surface area contributed by atoms with Gasteiger partial charge in [0.25, 0.3) is 0 Å². The van der Waals surface area contributed by atoms with Crippen LogP contribution in [0.2, 0.25) is 0 Å². The summed E-state index contributed by atoms with van der Waals surface area (Å²) in [6.07, 6.45) is 0. The Labute approximate surface area is 153 Å². The van der Waals surface area contributed by atoms with E-state index < -0.39 is 0 Å². The third-order valence-electron chi connectivity index (χ3n) is 3.93. The summed E-state index contributed by atoms with van der Waals surface area (Å²) in [4.78, 5) is 26.0. The average Bonchev–Trinajstić information content (AvgIpc) is 2.61. The number of carbonyl (C=O) groups excluding carboxylic acids is 2. The first-order chi connectivity index (χ1) is 12.4. The van der Waals surface area contributed by atoms with Gasteiger partial charge >= 0.3 is 6.03 Å². The first-order valence-electron chi connectivity index (χ1n) is 8.56. The summed E-state index contributed by atoms with van der Waals surface area (Å²) in [7, 11) is 0. The summed E-state index contributed by atoms with van der Waals surface area (Å²) in [5.74, 6) is -0.584. The molecule has 0 aliphatic rings. The van der Waals surface area contributed by atoms with Gasteiger partial charge in [-0.05, 0) is 42.8 Å². The van der Waals surface area contributed by atoms with Crippen LogP contribution in [0.3, 0.4) is 0 Å². The Morgan fingerprint density at radius 3 is 2.35 bits per heavy atom. The number of amides is 3. The van der Waals surface area contributed by atoms with Gasteiger partial charge in [0.2, 0.25) is 5.91 Å². The number of nitrogens with one attached hydrogen (secondary N) is 2. The highest BCUT2D eigenvalue weighted by Gasteiger charge is 2.17. The average molecular weight is 357 g/mol. The van der Waals surface area contributed by atoms with Crippen molar-refractivity contribution in [3.63, 3.8) is 0 Å². The lowest BCUT2D eigenvalue weighted by Crippen LogP contribution is -2.41. The van der Waals surface area contributed by atoms with Gasteiger partial charge in [-0.2, -0.15) is 0 Å². The molecule has 0 spiro atoms. The molecule has 6 heteroatoms. The van der Waals surface area contributed by atoms with Crippen LogP contribution in [0.25, 0.3) is 0 Å². The molecule has 0 saturated carbocycles. The van der Waals surface area contributed by atoms with Gasteiger partial charge in [0.05, 0.1) is 0 Å². The van der Waals surface area contributed by atoms with Crippen molar-refractivity contribution in [1.29, 1.82) is 0 Å². The van der Waals surface area contributed by atoms with Crippen molar-refractivity contribution >= 4 is 23.3 Å². The quantitative estimate of drug-likeness (QED) is 0.822. The number of urea groups is 1. The second kappa shape index (κ2) is 8.99. The van der Waals surface area contributed by atoms with Crippen LogP contribution in [0, 0.1) is 18.7 Å². The molecule has 0 atom stereocenters. The van der Waals surface area contributed by atoms with E-state index in [4.69, 9.17) is 0 Å². The molecular weight excluding hydrogens is 333 g/mol. The maximum Gasteiger partial charge on any atom is 0.326 e. The van der Waals surface area contributed by atoms with E-state index in [1.165, 1.54) is 29.2 Å². The number of carbonyl (C=O) groups is 2. The van der Waals surface area contributed by atoms with Crippen molar-refractivity contribution in [2.75, 3.05) is 23.3 Å². The monoisotopic (exact) mass is 357 g/mol. The molecule has 0 fully saturated rings. The second-order valence-electron chi connectivity index (χ2n) is 6.32. The lowest BCUT2D eigenvalue weighted by molar-refractivity contribution is -0.123. The van der Waals surface area contributed by atoms with Crippen LogP contribution >= 0.6 is 0 Å². The third kappa shape index (κ3) is 5.31. The molecule has 0 aliphatic heterocycles. The number of anilines is 2. The van der Waals surface area contributed by atoms with Gasteiger partial charge < -0.3 is 10.6 Å². The van der Waals surface area contributed by atoms with E-state index in [2.05, 4.69) is 10.6 Å². The third-order valence-corrected chi connectivity index (χ3v) is 3.93. The van der Waals surface area contributed by atoms with Gasteiger partial charge in [-0.25, -0.2) is 9.18 Å². The van der Waals surface area contributed by atoms with Gasteiger partial charge in [0.15, 0.2) is 0 Å². The summed E-state index contributed by atoms with van der Waals surface area (Å²) in [6.45, 7) is 6.08. The SMILES string of the molecule is Cc1ccccc1NC(=O)N(CCNC(=O)C(C)C)c1ccc(F)cc1. The van der Waals surface area contributed by atoms with Gasteiger partial charge in [-0.15, -0.1) is 0 Å². The minimum Gasteiger partial charge on any atom is -0.354 e. The Morgan fingerprint density at radius 2 is 1.73 bits per heavy atom. The molecule has 138 valence electrons. The summed E-state index contributed by atoms with van der Waals surface area (Å²) < 4.78 is 13.2. The van der Waals surface area contributed by atoms with Crippen molar-refractivity contribution in [1.82, 2.24) is 5.32 Å². The molecule has 3 amide bonds. The molecule has 0 aliphatic carbocycles. The minimum atomic E-state index is -0.374. The Balaban J connectivity index is 2.14.